The molecule has 3 aliphatic rings. The van der Waals surface area contributed by atoms with Crippen LogP contribution in [0.2, 0.25) is 0 Å². The SMILES string of the molecule is CON(C)C(O)C1=CC2CCCN3CCc4c(n1c1ccccc41)C23. The molecule has 3 atom stereocenters. The molecule has 132 valence electrons. The van der Waals surface area contributed by atoms with Gasteiger partial charge >= 0.3 is 0 Å². The highest BCUT2D eigenvalue weighted by Crippen LogP contribution is 2.49. The topological polar surface area (TPSA) is 40.9 Å². The fraction of sp³-hybridized carbons (Fsp3) is 0.500. The first-order valence-corrected chi connectivity index (χ1v) is 9.24. The van der Waals surface area contributed by atoms with Gasteiger partial charge in [0.15, 0.2) is 6.23 Å². The molecule has 0 radical (unpaired) electrons. The molecule has 0 bridgehead atoms. The molecule has 4 heterocycles. The Morgan fingerprint density at radius 1 is 1.28 bits per heavy atom. The van der Waals surface area contributed by atoms with Gasteiger partial charge in [0.2, 0.25) is 0 Å². The number of hydroxylamine groups is 2. The number of para-hydroxylation sites is 1. The van der Waals surface area contributed by atoms with E-state index in [1.54, 1.807) is 14.2 Å². The van der Waals surface area contributed by atoms with Gasteiger partial charge in [-0.2, -0.15) is 5.06 Å². The lowest BCUT2D eigenvalue weighted by Gasteiger charge is -2.47. The second kappa shape index (κ2) is 5.68. The molecule has 0 aliphatic carbocycles. The minimum Gasteiger partial charge on any atom is -0.371 e. The fourth-order valence-corrected chi connectivity index (χ4v) is 5.11. The zero-order valence-corrected chi connectivity index (χ0v) is 14.9. The van der Waals surface area contributed by atoms with Crippen molar-refractivity contribution in [3.63, 3.8) is 0 Å². The average Bonchev–Trinajstić information content (AvgIpc) is 3.00. The van der Waals surface area contributed by atoms with Crippen molar-refractivity contribution < 1.29 is 9.94 Å². The van der Waals surface area contributed by atoms with Crippen molar-refractivity contribution in [1.82, 2.24) is 14.5 Å². The summed E-state index contributed by atoms with van der Waals surface area (Å²) in [4.78, 5) is 7.93. The van der Waals surface area contributed by atoms with Gasteiger partial charge < -0.3 is 9.67 Å². The van der Waals surface area contributed by atoms with Gasteiger partial charge in [0, 0.05) is 30.6 Å². The normalized spacial score (nSPS) is 26.6. The van der Waals surface area contributed by atoms with E-state index in [9.17, 15) is 5.11 Å². The lowest BCUT2D eigenvalue weighted by Crippen LogP contribution is -2.46. The summed E-state index contributed by atoms with van der Waals surface area (Å²) in [5, 5.41) is 13.8. The van der Waals surface area contributed by atoms with E-state index in [2.05, 4.69) is 39.8 Å². The number of rotatable bonds is 3. The number of aliphatic hydroxyl groups is 1. The van der Waals surface area contributed by atoms with Gasteiger partial charge in [0.25, 0.3) is 0 Å². The van der Waals surface area contributed by atoms with Crippen molar-refractivity contribution >= 4 is 16.6 Å². The van der Waals surface area contributed by atoms with Crippen LogP contribution in [0.4, 0.5) is 0 Å². The fourth-order valence-electron chi connectivity index (χ4n) is 5.11. The molecule has 1 aromatic carbocycles. The summed E-state index contributed by atoms with van der Waals surface area (Å²) in [5.74, 6) is 0.472. The van der Waals surface area contributed by atoms with Gasteiger partial charge in [0.05, 0.1) is 24.4 Å². The molecule has 3 aliphatic heterocycles. The molecule has 1 aromatic heterocycles. The number of piperidine rings is 1. The number of nitrogens with zero attached hydrogens (tertiary/aromatic N) is 3. The molecule has 1 saturated heterocycles. The Morgan fingerprint density at radius 2 is 2.12 bits per heavy atom. The Hall–Kier alpha value is -1.66. The number of hydrogen-bond donors (Lipinski definition) is 1. The van der Waals surface area contributed by atoms with E-state index in [0.29, 0.717) is 12.0 Å². The Balaban J connectivity index is 1.78. The zero-order chi connectivity index (χ0) is 17.1. The van der Waals surface area contributed by atoms with Crippen molar-refractivity contribution in [2.24, 2.45) is 5.92 Å². The highest BCUT2D eigenvalue weighted by Gasteiger charge is 2.43. The van der Waals surface area contributed by atoms with Crippen molar-refractivity contribution in [1.29, 1.82) is 0 Å². The lowest BCUT2D eigenvalue weighted by atomic mass is 9.80. The van der Waals surface area contributed by atoms with E-state index in [1.807, 2.05) is 0 Å². The first-order valence-electron chi connectivity index (χ1n) is 9.24. The molecule has 5 rings (SSSR count). The largest absolute Gasteiger partial charge is 0.371 e. The number of aromatic nitrogens is 1. The summed E-state index contributed by atoms with van der Waals surface area (Å²) in [6.07, 6.45) is 5.04. The van der Waals surface area contributed by atoms with E-state index in [-0.39, 0.29) is 0 Å². The second-order valence-corrected chi connectivity index (χ2v) is 7.45. The van der Waals surface area contributed by atoms with Crippen LogP contribution in [0, 0.1) is 5.92 Å². The molecule has 0 saturated carbocycles. The Bertz CT molecular complexity index is 856. The van der Waals surface area contributed by atoms with E-state index >= 15 is 0 Å². The summed E-state index contributed by atoms with van der Waals surface area (Å²) in [6.45, 7) is 2.33. The smallest absolute Gasteiger partial charge is 0.170 e. The third-order valence-corrected chi connectivity index (χ3v) is 6.27. The Kier molecular flexibility index (Phi) is 3.54. The number of aliphatic hydroxyl groups excluding tert-OH is 1. The Labute approximate surface area is 148 Å². The molecule has 2 aromatic rings. The molecular formula is C20H25N3O2. The summed E-state index contributed by atoms with van der Waals surface area (Å²) >= 11 is 0. The van der Waals surface area contributed by atoms with Crippen LogP contribution in [-0.2, 0) is 11.3 Å². The van der Waals surface area contributed by atoms with Crippen molar-refractivity contribution in [2.45, 2.75) is 31.5 Å². The van der Waals surface area contributed by atoms with Gasteiger partial charge in [-0.15, -0.1) is 0 Å². The molecule has 5 nitrogen and oxygen atoms in total. The standard InChI is InChI=1S/C20H25N3O2/c1-21(25-2)20(24)17-12-13-6-5-10-22-11-9-15-14-7-3-4-8-16(14)23(17)19(15)18(13)22/h3-4,7-8,12-13,18,20,24H,5-6,9-11H2,1-2H3. The van der Waals surface area contributed by atoms with Gasteiger partial charge in [-0.05, 0) is 37.4 Å². The van der Waals surface area contributed by atoms with Crippen LogP contribution in [0.25, 0.3) is 16.6 Å². The van der Waals surface area contributed by atoms with Crippen LogP contribution in [0.3, 0.4) is 0 Å². The molecule has 0 spiro atoms. The number of hydrogen-bond acceptors (Lipinski definition) is 4. The minimum atomic E-state index is -0.775. The molecule has 5 heteroatoms. The predicted octanol–water partition coefficient (Wildman–Crippen LogP) is 2.62. The quantitative estimate of drug-likeness (QED) is 0.689. The minimum absolute atomic E-state index is 0.453. The summed E-state index contributed by atoms with van der Waals surface area (Å²) in [6, 6.07) is 9.07. The summed E-state index contributed by atoms with van der Waals surface area (Å²) < 4.78 is 2.31. The molecule has 0 amide bonds. The maximum absolute atomic E-state index is 10.9. The van der Waals surface area contributed by atoms with Gasteiger partial charge in [-0.3, -0.25) is 9.74 Å². The summed E-state index contributed by atoms with van der Waals surface area (Å²) in [5.41, 5.74) is 5.01. The highest BCUT2D eigenvalue weighted by molar-refractivity contribution is 5.90. The highest BCUT2D eigenvalue weighted by atomic mass is 16.7. The van der Waals surface area contributed by atoms with Crippen LogP contribution >= 0.6 is 0 Å². The number of likely N-dealkylation sites (N-methyl/N-ethyl adjacent to an activating group) is 1. The van der Waals surface area contributed by atoms with Crippen molar-refractivity contribution in [3.05, 3.63) is 41.6 Å². The van der Waals surface area contributed by atoms with Crippen LogP contribution < -0.4 is 0 Å². The maximum Gasteiger partial charge on any atom is 0.170 e. The van der Waals surface area contributed by atoms with Crippen LogP contribution in [0.15, 0.2) is 30.3 Å². The van der Waals surface area contributed by atoms with Gasteiger partial charge in [-0.25, -0.2) is 0 Å². The van der Waals surface area contributed by atoms with Gasteiger partial charge in [-0.1, -0.05) is 24.3 Å². The third-order valence-electron chi connectivity index (χ3n) is 6.27. The summed E-state index contributed by atoms with van der Waals surface area (Å²) in [7, 11) is 3.38. The van der Waals surface area contributed by atoms with Gasteiger partial charge in [0.1, 0.15) is 0 Å². The average molecular weight is 339 g/mol. The van der Waals surface area contributed by atoms with E-state index in [0.717, 1.165) is 18.7 Å². The third kappa shape index (κ3) is 2.10. The van der Waals surface area contributed by atoms with Crippen LogP contribution in [-0.4, -0.2) is 53.1 Å². The predicted molar refractivity (Wildman–Crippen MR) is 97.7 cm³/mol. The van der Waals surface area contributed by atoms with Crippen molar-refractivity contribution in [3.8, 4) is 0 Å². The first-order chi connectivity index (χ1) is 12.2. The van der Waals surface area contributed by atoms with Crippen molar-refractivity contribution in [2.75, 3.05) is 27.2 Å². The molecular weight excluding hydrogens is 314 g/mol. The zero-order valence-electron chi connectivity index (χ0n) is 14.9. The van der Waals surface area contributed by atoms with Crippen LogP contribution in [0.1, 0.15) is 30.1 Å². The monoisotopic (exact) mass is 339 g/mol. The van der Waals surface area contributed by atoms with E-state index < -0.39 is 6.23 Å². The molecule has 25 heavy (non-hydrogen) atoms. The molecule has 1 fully saturated rings. The first kappa shape index (κ1) is 15.6. The second-order valence-electron chi connectivity index (χ2n) is 7.45. The molecule has 3 unspecified atom stereocenters. The molecule has 1 N–H and O–H groups in total. The van der Waals surface area contributed by atoms with E-state index in [1.165, 1.54) is 46.6 Å². The lowest BCUT2D eigenvalue weighted by molar-refractivity contribution is -0.182. The number of fused-ring (bicyclic) bond motifs is 3. The van der Waals surface area contributed by atoms with Crippen LogP contribution in [0.5, 0.6) is 0 Å². The van der Waals surface area contributed by atoms with E-state index in [4.69, 9.17) is 4.84 Å². The number of benzene rings is 1. The Morgan fingerprint density at radius 3 is 2.96 bits per heavy atom. The maximum atomic E-state index is 10.9.